The van der Waals surface area contributed by atoms with Crippen molar-refractivity contribution in [2.75, 3.05) is 0 Å². The number of aliphatic carboxylic acids is 1. The van der Waals surface area contributed by atoms with Crippen LogP contribution in [0.2, 0.25) is 0 Å². The number of aromatic nitrogens is 4. The van der Waals surface area contributed by atoms with Gasteiger partial charge in [-0.3, -0.25) is 4.57 Å². The summed E-state index contributed by atoms with van der Waals surface area (Å²) in [7, 11) is 0. The molecule has 0 spiro atoms. The molecule has 0 aliphatic carbocycles. The third kappa shape index (κ3) is 2.37. The minimum Gasteiger partial charge on any atom is -0.480 e. The molecule has 0 aromatic carbocycles. The van der Waals surface area contributed by atoms with Gasteiger partial charge in [0.15, 0.2) is 0 Å². The number of nitriles is 1. The van der Waals surface area contributed by atoms with Crippen molar-refractivity contribution in [2.45, 2.75) is 31.8 Å². The largest absolute Gasteiger partial charge is 0.480 e. The fourth-order valence-corrected chi connectivity index (χ4v) is 2.63. The Hall–Kier alpha value is -2.95. The summed E-state index contributed by atoms with van der Waals surface area (Å²) in [4.78, 5) is 27.6. The van der Waals surface area contributed by atoms with Crippen molar-refractivity contribution in [2.24, 2.45) is 0 Å². The van der Waals surface area contributed by atoms with Crippen molar-refractivity contribution >= 4 is 5.97 Å². The van der Waals surface area contributed by atoms with E-state index in [1.807, 2.05) is 6.07 Å². The van der Waals surface area contributed by atoms with Crippen LogP contribution in [0.1, 0.15) is 36.0 Å². The third-order valence-electron chi connectivity index (χ3n) is 3.69. The van der Waals surface area contributed by atoms with Crippen molar-refractivity contribution in [1.29, 1.82) is 5.26 Å². The van der Waals surface area contributed by atoms with Gasteiger partial charge in [0.05, 0.1) is 6.54 Å². The second-order valence-electron chi connectivity index (χ2n) is 5.14. The van der Waals surface area contributed by atoms with Gasteiger partial charge in [0.1, 0.15) is 23.6 Å². The van der Waals surface area contributed by atoms with Crippen molar-refractivity contribution in [3.63, 3.8) is 0 Å². The normalized spacial score (nSPS) is 16.8. The number of carboxylic acids is 1. The van der Waals surface area contributed by atoms with Crippen LogP contribution < -0.4 is 5.69 Å². The van der Waals surface area contributed by atoms with Crippen LogP contribution in [0.15, 0.2) is 23.1 Å². The molecule has 8 nitrogen and oxygen atoms in total. The third-order valence-corrected chi connectivity index (χ3v) is 3.69. The molecule has 1 atom stereocenters. The fourth-order valence-electron chi connectivity index (χ4n) is 2.63. The van der Waals surface area contributed by atoms with E-state index in [2.05, 4.69) is 10.1 Å². The van der Waals surface area contributed by atoms with Crippen LogP contribution in [-0.4, -0.2) is 30.4 Å². The zero-order valence-corrected chi connectivity index (χ0v) is 11.6. The van der Waals surface area contributed by atoms with Gasteiger partial charge >= 0.3 is 11.7 Å². The summed E-state index contributed by atoms with van der Waals surface area (Å²) in [6, 6.07) is 4.34. The molecule has 0 saturated carbocycles. The number of carbonyl (C=O) groups is 1. The van der Waals surface area contributed by atoms with Gasteiger partial charge in [-0.25, -0.2) is 19.3 Å². The average molecular weight is 299 g/mol. The molecule has 2 aromatic heterocycles. The van der Waals surface area contributed by atoms with Crippen LogP contribution in [0.4, 0.5) is 0 Å². The molecule has 3 rings (SSSR count). The number of rotatable bonds is 3. The quantitative estimate of drug-likeness (QED) is 0.873. The summed E-state index contributed by atoms with van der Waals surface area (Å²) in [5.41, 5.74) is 0.598. The van der Waals surface area contributed by atoms with Crippen molar-refractivity contribution in [3.8, 4) is 6.07 Å². The number of pyridine rings is 1. The molecular formula is C14H13N5O3. The van der Waals surface area contributed by atoms with Crippen molar-refractivity contribution in [3.05, 3.63) is 45.9 Å². The minimum absolute atomic E-state index is 0.198. The Morgan fingerprint density at radius 2 is 2.32 bits per heavy atom. The van der Waals surface area contributed by atoms with Gasteiger partial charge in [-0.05, 0) is 24.5 Å². The Labute approximate surface area is 125 Å². The van der Waals surface area contributed by atoms with E-state index in [1.165, 1.54) is 15.4 Å². The van der Waals surface area contributed by atoms with E-state index >= 15 is 0 Å². The van der Waals surface area contributed by atoms with E-state index in [1.54, 1.807) is 12.1 Å². The van der Waals surface area contributed by atoms with Crippen LogP contribution in [0.5, 0.6) is 0 Å². The molecular weight excluding hydrogens is 286 g/mol. The van der Waals surface area contributed by atoms with Crippen molar-refractivity contribution in [1.82, 2.24) is 19.3 Å². The zero-order chi connectivity index (χ0) is 15.7. The summed E-state index contributed by atoms with van der Waals surface area (Å²) >= 11 is 0. The molecule has 2 aromatic rings. The predicted octanol–water partition coefficient (Wildman–Crippen LogP) is 0.322. The first kappa shape index (κ1) is 14.0. The lowest BCUT2D eigenvalue weighted by atomic mass is 10.1. The van der Waals surface area contributed by atoms with Gasteiger partial charge in [0.2, 0.25) is 0 Å². The molecule has 8 heteroatoms. The molecule has 22 heavy (non-hydrogen) atoms. The first-order valence-corrected chi connectivity index (χ1v) is 6.86. The monoisotopic (exact) mass is 299 g/mol. The van der Waals surface area contributed by atoms with Crippen LogP contribution in [0.25, 0.3) is 0 Å². The maximum absolute atomic E-state index is 12.4. The average Bonchev–Trinajstić information content (AvgIpc) is 2.84. The van der Waals surface area contributed by atoms with E-state index in [-0.39, 0.29) is 6.54 Å². The molecule has 0 saturated heterocycles. The Morgan fingerprint density at radius 1 is 1.50 bits per heavy atom. The minimum atomic E-state index is -1.01. The highest BCUT2D eigenvalue weighted by Gasteiger charge is 2.30. The number of carboxylic acid groups (broad SMARTS) is 1. The van der Waals surface area contributed by atoms with Gasteiger partial charge < -0.3 is 5.11 Å². The zero-order valence-electron chi connectivity index (χ0n) is 11.6. The summed E-state index contributed by atoms with van der Waals surface area (Å²) in [6.07, 6.45) is 3.24. The molecule has 112 valence electrons. The summed E-state index contributed by atoms with van der Waals surface area (Å²) in [6.45, 7) is 0.198. The molecule has 1 unspecified atom stereocenters. The molecule has 1 aliphatic heterocycles. The molecule has 0 bridgehead atoms. The van der Waals surface area contributed by atoms with E-state index in [4.69, 9.17) is 5.26 Å². The maximum Gasteiger partial charge on any atom is 0.347 e. The molecule has 1 aliphatic rings. The number of hydrogen-bond donors (Lipinski definition) is 1. The van der Waals surface area contributed by atoms with Gasteiger partial charge in [-0.2, -0.15) is 10.4 Å². The Bertz CT molecular complexity index is 812. The summed E-state index contributed by atoms with van der Waals surface area (Å²) in [5, 5.41) is 22.2. The Balaban J connectivity index is 1.94. The maximum atomic E-state index is 12.4. The Kier molecular flexibility index (Phi) is 3.47. The van der Waals surface area contributed by atoms with E-state index < -0.39 is 17.7 Å². The van der Waals surface area contributed by atoms with Crippen LogP contribution in [-0.2, 0) is 17.8 Å². The second-order valence-corrected chi connectivity index (χ2v) is 5.14. The van der Waals surface area contributed by atoms with Gasteiger partial charge in [0, 0.05) is 12.6 Å². The second kappa shape index (κ2) is 5.44. The van der Waals surface area contributed by atoms with E-state index in [9.17, 15) is 14.7 Å². The smallest absolute Gasteiger partial charge is 0.347 e. The van der Waals surface area contributed by atoms with Crippen molar-refractivity contribution < 1.29 is 9.90 Å². The van der Waals surface area contributed by atoms with Gasteiger partial charge in [0.25, 0.3) is 0 Å². The molecule has 0 radical (unpaired) electrons. The first-order chi connectivity index (χ1) is 10.6. The lowest BCUT2D eigenvalue weighted by molar-refractivity contribution is -0.141. The lowest BCUT2D eigenvalue weighted by Gasteiger charge is -2.19. The van der Waals surface area contributed by atoms with E-state index in [0.29, 0.717) is 30.8 Å². The molecule has 1 N–H and O–H groups in total. The van der Waals surface area contributed by atoms with Crippen LogP contribution in [0, 0.1) is 11.3 Å². The molecule has 3 heterocycles. The highest BCUT2D eigenvalue weighted by molar-refractivity contribution is 5.72. The Morgan fingerprint density at radius 3 is 2.95 bits per heavy atom. The number of aryl methyl sites for hydroxylation is 1. The van der Waals surface area contributed by atoms with Gasteiger partial charge in [-0.1, -0.05) is 6.07 Å². The van der Waals surface area contributed by atoms with E-state index in [0.717, 1.165) is 5.56 Å². The predicted molar refractivity (Wildman–Crippen MR) is 74.2 cm³/mol. The standard InChI is InChI=1S/C14H13N5O3/c15-6-10-5-4-9(7-16-10)8-18-14(22)19-11(13(20)21)2-1-3-12(19)17-18/h4-5,7,11H,1-3,8H2,(H,20,21). The number of hydrogen-bond acceptors (Lipinski definition) is 5. The fraction of sp³-hybridized carbons (Fsp3) is 0.357. The lowest BCUT2D eigenvalue weighted by Crippen LogP contribution is -2.34. The van der Waals surface area contributed by atoms with Gasteiger partial charge in [-0.15, -0.1) is 0 Å². The van der Waals surface area contributed by atoms with Crippen LogP contribution in [0.3, 0.4) is 0 Å². The number of nitrogens with zero attached hydrogens (tertiary/aromatic N) is 5. The highest BCUT2D eigenvalue weighted by atomic mass is 16.4. The van der Waals surface area contributed by atoms with Crippen LogP contribution >= 0.6 is 0 Å². The molecule has 0 fully saturated rings. The molecule has 0 amide bonds. The number of fused-ring (bicyclic) bond motifs is 1. The summed E-state index contributed by atoms with van der Waals surface area (Å²) < 4.78 is 2.52. The SMILES string of the molecule is N#Cc1ccc(Cn2nc3n(c2=O)C(C(=O)O)CCC3)cn1. The summed E-state index contributed by atoms with van der Waals surface area (Å²) in [5.74, 6) is -0.507. The topological polar surface area (TPSA) is 114 Å². The first-order valence-electron chi connectivity index (χ1n) is 6.86. The highest BCUT2D eigenvalue weighted by Crippen LogP contribution is 2.21.